The van der Waals surface area contributed by atoms with Crippen molar-refractivity contribution in [1.82, 2.24) is 24.7 Å². The van der Waals surface area contributed by atoms with Crippen LogP contribution in [0.5, 0.6) is 0 Å². The molecule has 142 valence electrons. The van der Waals surface area contributed by atoms with Crippen molar-refractivity contribution in [3.8, 4) is 5.82 Å². The van der Waals surface area contributed by atoms with E-state index in [1.54, 1.807) is 12.3 Å². The number of hydrogen-bond acceptors (Lipinski definition) is 7. The summed E-state index contributed by atoms with van der Waals surface area (Å²) in [6.45, 7) is 4.02. The first-order valence-electron chi connectivity index (χ1n) is 9.05. The molecule has 0 N–H and O–H groups in total. The van der Waals surface area contributed by atoms with Gasteiger partial charge in [0.25, 0.3) is 5.56 Å². The van der Waals surface area contributed by atoms with Crippen molar-refractivity contribution in [3.05, 3.63) is 70.2 Å². The number of para-hydroxylation sites is 1. The maximum atomic E-state index is 13.2. The summed E-state index contributed by atoms with van der Waals surface area (Å²) in [5.74, 6) is 2.17. The standard InChI is InChI=1S/C20H19N5O2S/c1-3-6-16-23-18(27-24-16)12-28-20-22-15-8-5-4-7-14(15)19(26)25(20)17-10-9-13(2)11-21-17/h4-5,7-11H,3,6,12H2,1-2H3. The Morgan fingerprint density at radius 2 is 2.00 bits per heavy atom. The van der Waals surface area contributed by atoms with Gasteiger partial charge in [-0.2, -0.15) is 4.98 Å². The lowest BCUT2D eigenvalue weighted by Crippen LogP contribution is -2.22. The summed E-state index contributed by atoms with van der Waals surface area (Å²) < 4.78 is 6.84. The summed E-state index contributed by atoms with van der Waals surface area (Å²) in [7, 11) is 0. The van der Waals surface area contributed by atoms with Crippen molar-refractivity contribution in [2.45, 2.75) is 37.6 Å². The van der Waals surface area contributed by atoms with Crippen LogP contribution in [0.4, 0.5) is 0 Å². The van der Waals surface area contributed by atoms with Gasteiger partial charge in [0.05, 0.1) is 16.7 Å². The van der Waals surface area contributed by atoms with Gasteiger partial charge < -0.3 is 4.52 Å². The smallest absolute Gasteiger partial charge is 0.267 e. The fourth-order valence-electron chi connectivity index (χ4n) is 2.80. The summed E-state index contributed by atoms with van der Waals surface area (Å²) >= 11 is 1.38. The first-order valence-corrected chi connectivity index (χ1v) is 10.0. The van der Waals surface area contributed by atoms with Crippen LogP contribution in [0.3, 0.4) is 0 Å². The molecule has 0 fully saturated rings. The number of fused-ring (bicyclic) bond motifs is 1. The number of nitrogens with zero attached hydrogens (tertiary/aromatic N) is 5. The minimum absolute atomic E-state index is 0.151. The van der Waals surface area contributed by atoms with Gasteiger partial charge in [0.1, 0.15) is 5.82 Å². The Morgan fingerprint density at radius 1 is 1.14 bits per heavy atom. The lowest BCUT2D eigenvalue weighted by Gasteiger charge is -2.12. The van der Waals surface area contributed by atoms with Gasteiger partial charge in [-0.15, -0.1) is 0 Å². The van der Waals surface area contributed by atoms with E-state index in [0.717, 1.165) is 18.4 Å². The molecular weight excluding hydrogens is 374 g/mol. The molecule has 7 nitrogen and oxygen atoms in total. The van der Waals surface area contributed by atoms with E-state index in [0.29, 0.717) is 39.3 Å². The van der Waals surface area contributed by atoms with Gasteiger partial charge >= 0.3 is 0 Å². The predicted octanol–water partition coefficient (Wildman–Crippen LogP) is 3.72. The summed E-state index contributed by atoms with van der Waals surface area (Å²) in [5.41, 5.74) is 1.52. The molecule has 0 aliphatic rings. The topological polar surface area (TPSA) is 86.7 Å². The number of rotatable bonds is 6. The molecule has 0 saturated heterocycles. The predicted molar refractivity (Wildman–Crippen MR) is 108 cm³/mol. The van der Waals surface area contributed by atoms with E-state index >= 15 is 0 Å². The van der Waals surface area contributed by atoms with Crippen LogP contribution >= 0.6 is 11.8 Å². The molecule has 3 heterocycles. The Bertz CT molecular complexity index is 1170. The molecule has 0 radical (unpaired) electrons. The highest BCUT2D eigenvalue weighted by Crippen LogP contribution is 2.23. The Balaban J connectivity index is 1.75. The Morgan fingerprint density at radius 3 is 2.79 bits per heavy atom. The van der Waals surface area contributed by atoms with Gasteiger partial charge in [0.2, 0.25) is 5.89 Å². The van der Waals surface area contributed by atoms with Crippen molar-refractivity contribution in [2.24, 2.45) is 0 Å². The molecule has 0 spiro atoms. The minimum Gasteiger partial charge on any atom is -0.338 e. The molecule has 4 rings (SSSR count). The molecule has 28 heavy (non-hydrogen) atoms. The second-order valence-electron chi connectivity index (χ2n) is 6.39. The van der Waals surface area contributed by atoms with E-state index in [-0.39, 0.29) is 5.56 Å². The zero-order chi connectivity index (χ0) is 19.5. The van der Waals surface area contributed by atoms with Crippen molar-refractivity contribution < 1.29 is 4.52 Å². The van der Waals surface area contributed by atoms with E-state index in [4.69, 9.17) is 4.52 Å². The van der Waals surface area contributed by atoms with Crippen LogP contribution in [0.25, 0.3) is 16.7 Å². The minimum atomic E-state index is -0.151. The average Bonchev–Trinajstić information content (AvgIpc) is 3.15. The maximum Gasteiger partial charge on any atom is 0.267 e. The summed E-state index contributed by atoms with van der Waals surface area (Å²) in [6.07, 6.45) is 3.47. The van der Waals surface area contributed by atoms with Gasteiger partial charge in [-0.25, -0.2) is 14.5 Å². The summed E-state index contributed by atoms with van der Waals surface area (Å²) in [4.78, 5) is 26.6. The van der Waals surface area contributed by atoms with Crippen LogP contribution in [0.15, 0.2) is 57.1 Å². The quantitative estimate of drug-likeness (QED) is 0.364. The summed E-state index contributed by atoms with van der Waals surface area (Å²) in [6, 6.07) is 11.1. The third kappa shape index (κ3) is 3.68. The van der Waals surface area contributed by atoms with Gasteiger partial charge in [-0.3, -0.25) is 4.79 Å². The van der Waals surface area contributed by atoms with Crippen molar-refractivity contribution in [1.29, 1.82) is 0 Å². The van der Waals surface area contributed by atoms with Crippen LogP contribution in [0, 0.1) is 6.92 Å². The number of pyridine rings is 1. The molecule has 0 aliphatic heterocycles. The number of thioether (sulfide) groups is 1. The van der Waals surface area contributed by atoms with Crippen LogP contribution in [0.1, 0.15) is 30.6 Å². The lowest BCUT2D eigenvalue weighted by atomic mass is 10.2. The Kier molecular flexibility index (Phi) is 5.21. The maximum absolute atomic E-state index is 13.2. The Hall–Kier alpha value is -3.00. The van der Waals surface area contributed by atoms with E-state index < -0.39 is 0 Å². The molecule has 4 aromatic rings. The Labute approximate surface area is 165 Å². The lowest BCUT2D eigenvalue weighted by molar-refractivity contribution is 0.384. The normalized spacial score (nSPS) is 11.2. The second-order valence-corrected chi connectivity index (χ2v) is 7.33. The number of aryl methyl sites for hydroxylation is 2. The molecule has 0 amide bonds. The third-order valence-corrected chi connectivity index (χ3v) is 5.10. The number of hydrogen-bond donors (Lipinski definition) is 0. The molecule has 0 saturated carbocycles. The van der Waals surface area contributed by atoms with E-state index in [1.807, 2.05) is 37.3 Å². The SMILES string of the molecule is CCCc1noc(CSc2nc3ccccc3c(=O)n2-c2ccc(C)cn2)n1. The molecule has 0 unspecified atom stereocenters. The molecule has 0 bridgehead atoms. The highest BCUT2D eigenvalue weighted by atomic mass is 32.2. The largest absolute Gasteiger partial charge is 0.338 e. The molecule has 0 aliphatic carbocycles. The highest BCUT2D eigenvalue weighted by molar-refractivity contribution is 7.98. The second kappa shape index (κ2) is 7.93. The fourth-order valence-corrected chi connectivity index (χ4v) is 3.64. The van der Waals surface area contributed by atoms with Crippen molar-refractivity contribution >= 4 is 22.7 Å². The van der Waals surface area contributed by atoms with Crippen molar-refractivity contribution in [2.75, 3.05) is 0 Å². The molecule has 1 aromatic carbocycles. The van der Waals surface area contributed by atoms with E-state index in [1.165, 1.54) is 16.3 Å². The molecule has 0 atom stereocenters. The number of aromatic nitrogens is 5. The van der Waals surface area contributed by atoms with Gasteiger partial charge in [0.15, 0.2) is 11.0 Å². The molecular formula is C20H19N5O2S. The fraction of sp³-hybridized carbons (Fsp3) is 0.250. The zero-order valence-corrected chi connectivity index (χ0v) is 16.4. The third-order valence-electron chi connectivity index (χ3n) is 4.18. The first kappa shape index (κ1) is 18.4. The first-order chi connectivity index (χ1) is 13.7. The monoisotopic (exact) mass is 393 g/mol. The zero-order valence-electron chi connectivity index (χ0n) is 15.6. The van der Waals surface area contributed by atoms with Crippen molar-refractivity contribution in [3.63, 3.8) is 0 Å². The van der Waals surface area contributed by atoms with Gasteiger partial charge in [0, 0.05) is 12.6 Å². The molecule has 3 aromatic heterocycles. The van der Waals surface area contributed by atoms with Crippen LogP contribution < -0.4 is 5.56 Å². The summed E-state index contributed by atoms with van der Waals surface area (Å²) in [5, 5.41) is 5.07. The van der Waals surface area contributed by atoms with Crippen LogP contribution in [-0.2, 0) is 12.2 Å². The average molecular weight is 393 g/mol. The highest BCUT2D eigenvalue weighted by Gasteiger charge is 2.16. The van der Waals surface area contributed by atoms with Gasteiger partial charge in [-0.1, -0.05) is 42.0 Å². The van der Waals surface area contributed by atoms with Crippen LogP contribution in [-0.4, -0.2) is 24.7 Å². The van der Waals surface area contributed by atoms with Crippen LogP contribution in [0.2, 0.25) is 0 Å². The molecule has 8 heteroatoms. The van der Waals surface area contributed by atoms with Gasteiger partial charge in [-0.05, 0) is 37.1 Å². The van der Waals surface area contributed by atoms with E-state index in [2.05, 4.69) is 27.0 Å². The van der Waals surface area contributed by atoms with E-state index in [9.17, 15) is 4.79 Å². The number of benzene rings is 1.